The number of fused-ring (bicyclic) bond motifs is 1. The summed E-state index contributed by atoms with van der Waals surface area (Å²) < 4.78 is 59.2. The van der Waals surface area contributed by atoms with Crippen LogP contribution < -0.4 is 5.56 Å². The number of alkyl halides is 3. The molecular weight excluding hydrogens is 378 g/mol. The van der Waals surface area contributed by atoms with Gasteiger partial charge in [0.15, 0.2) is 5.58 Å². The largest absolute Gasteiger partial charge is 0.457 e. The Morgan fingerprint density at radius 1 is 1.27 bits per heavy atom. The van der Waals surface area contributed by atoms with Crippen LogP contribution in [0.1, 0.15) is 24.5 Å². The van der Waals surface area contributed by atoms with E-state index in [2.05, 4.69) is 0 Å². The lowest BCUT2D eigenvalue weighted by atomic mass is 10.0. The number of hydrogen-bond donors (Lipinski definition) is 1. The van der Waals surface area contributed by atoms with Crippen LogP contribution in [-0.2, 0) is 13.2 Å². The molecule has 3 aromatic rings. The van der Waals surface area contributed by atoms with E-state index in [4.69, 9.17) is 16.0 Å². The fraction of sp³-hybridized carbons (Fsp3) is 0.235. The molecule has 0 bridgehead atoms. The van der Waals surface area contributed by atoms with Gasteiger partial charge in [-0.2, -0.15) is 13.2 Å². The van der Waals surface area contributed by atoms with E-state index in [-0.39, 0.29) is 32.9 Å². The maximum Gasteiger partial charge on any atom is 0.431 e. The zero-order valence-electron chi connectivity index (χ0n) is 13.5. The summed E-state index contributed by atoms with van der Waals surface area (Å²) in [6.07, 6.45) is -5.75. The van der Waals surface area contributed by atoms with Gasteiger partial charge in [-0.3, -0.25) is 4.79 Å². The maximum absolute atomic E-state index is 14.6. The number of nitrogens with zero attached hydrogens (tertiary/aromatic N) is 1. The molecule has 0 aliphatic carbocycles. The third kappa shape index (κ3) is 2.89. The van der Waals surface area contributed by atoms with E-state index in [0.29, 0.717) is 10.6 Å². The van der Waals surface area contributed by atoms with Crippen molar-refractivity contribution < 1.29 is 27.1 Å². The van der Waals surface area contributed by atoms with Gasteiger partial charge in [-0.1, -0.05) is 11.6 Å². The average Bonchev–Trinajstić information content (AvgIpc) is 2.96. The lowest BCUT2D eigenvalue weighted by Crippen LogP contribution is -2.26. The Kier molecular flexibility index (Phi) is 4.36. The summed E-state index contributed by atoms with van der Waals surface area (Å²) in [5.41, 5.74) is -2.68. The minimum atomic E-state index is -4.73. The Balaban J connectivity index is 2.36. The minimum Gasteiger partial charge on any atom is -0.457 e. The highest BCUT2D eigenvalue weighted by molar-refractivity contribution is 6.35. The summed E-state index contributed by atoms with van der Waals surface area (Å²) in [6.45, 7) is 1.42. The molecule has 0 radical (unpaired) electrons. The van der Waals surface area contributed by atoms with Gasteiger partial charge in [0.2, 0.25) is 0 Å². The summed E-state index contributed by atoms with van der Waals surface area (Å²) in [6, 6.07) is 3.82. The van der Waals surface area contributed by atoms with Crippen LogP contribution in [0.25, 0.3) is 22.1 Å². The number of hydrogen-bond acceptors (Lipinski definition) is 3. The Morgan fingerprint density at radius 3 is 2.50 bits per heavy atom. The van der Waals surface area contributed by atoms with Crippen molar-refractivity contribution >= 4 is 22.6 Å². The van der Waals surface area contributed by atoms with E-state index in [9.17, 15) is 27.5 Å². The maximum atomic E-state index is 14.6. The van der Waals surface area contributed by atoms with Crippen LogP contribution in [0.4, 0.5) is 17.6 Å². The lowest BCUT2D eigenvalue weighted by Gasteiger charge is -2.13. The lowest BCUT2D eigenvalue weighted by molar-refractivity contribution is -0.143. The first-order valence-corrected chi connectivity index (χ1v) is 7.77. The predicted molar refractivity (Wildman–Crippen MR) is 87.5 cm³/mol. The van der Waals surface area contributed by atoms with Crippen molar-refractivity contribution in [2.45, 2.75) is 19.2 Å². The number of rotatable bonds is 2. The summed E-state index contributed by atoms with van der Waals surface area (Å²) in [5.74, 6) is -0.810. The van der Waals surface area contributed by atoms with E-state index in [1.165, 1.54) is 13.0 Å². The van der Waals surface area contributed by atoms with Crippen LogP contribution in [0.3, 0.4) is 0 Å². The highest BCUT2D eigenvalue weighted by atomic mass is 35.5. The molecule has 0 amide bonds. The fourth-order valence-corrected chi connectivity index (χ4v) is 2.98. The molecule has 0 spiro atoms. The molecule has 0 saturated carbocycles. The zero-order chi connectivity index (χ0) is 19.4. The van der Waals surface area contributed by atoms with Gasteiger partial charge in [-0.25, -0.2) is 4.39 Å². The highest BCUT2D eigenvalue weighted by Gasteiger charge is 2.34. The third-order valence-corrected chi connectivity index (χ3v) is 4.29. The van der Waals surface area contributed by atoms with Gasteiger partial charge in [0, 0.05) is 18.0 Å². The summed E-state index contributed by atoms with van der Waals surface area (Å²) in [4.78, 5) is 12.4. The van der Waals surface area contributed by atoms with Crippen molar-refractivity contribution in [1.29, 1.82) is 0 Å². The normalized spacial score (nSPS) is 13.4. The van der Waals surface area contributed by atoms with Crippen molar-refractivity contribution in [3.63, 3.8) is 0 Å². The Labute approximate surface area is 149 Å². The van der Waals surface area contributed by atoms with Gasteiger partial charge in [0.05, 0.1) is 10.6 Å². The van der Waals surface area contributed by atoms with Crippen molar-refractivity contribution in [2.24, 2.45) is 7.05 Å². The number of halogens is 5. The molecule has 0 aliphatic heterocycles. The summed E-state index contributed by atoms with van der Waals surface area (Å²) in [5, 5.41) is 9.65. The summed E-state index contributed by atoms with van der Waals surface area (Å²) in [7, 11) is 0.955. The van der Waals surface area contributed by atoms with E-state index < -0.39 is 29.4 Å². The predicted octanol–water partition coefficient (Wildman–Crippen LogP) is 4.66. The van der Waals surface area contributed by atoms with Gasteiger partial charge in [-0.05, 0) is 31.2 Å². The molecule has 26 heavy (non-hydrogen) atoms. The molecule has 0 saturated heterocycles. The molecule has 9 heteroatoms. The highest BCUT2D eigenvalue weighted by Crippen LogP contribution is 2.38. The number of aliphatic hydroxyl groups is 1. The second kappa shape index (κ2) is 6.14. The molecule has 1 N–H and O–H groups in total. The molecule has 4 nitrogen and oxygen atoms in total. The van der Waals surface area contributed by atoms with Crippen molar-refractivity contribution in [1.82, 2.24) is 4.57 Å². The molecule has 138 valence electrons. The van der Waals surface area contributed by atoms with E-state index in [1.54, 1.807) is 0 Å². The number of benzene rings is 1. The van der Waals surface area contributed by atoms with Crippen LogP contribution in [0.2, 0.25) is 5.02 Å². The van der Waals surface area contributed by atoms with Gasteiger partial charge >= 0.3 is 6.18 Å². The number of furan rings is 1. The number of aliphatic hydroxyl groups excluding tert-OH is 1. The van der Waals surface area contributed by atoms with Gasteiger partial charge in [0.1, 0.15) is 23.4 Å². The molecule has 1 atom stereocenters. The van der Waals surface area contributed by atoms with Gasteiger partial charge < -0.3 is 14.1 Å². The van der Waals surface area contributed by atoms with E-state index in [1.807, 2.05) is 0 Å². The summed E-state index contributed by atoms with van der Waals surface area (Å²) >= 11 is 5.95. The Hall–Kier alpha value is -2.32. The molecule has 1 aromatic carbocycles. The molecule has 1 unspecified atom stereocenters. The first-order chi connectivity index (χ1) is 12.0. The molecule has 0 fully saturated rings. The smallest absolute Gasteiger partial charge is 0.431 e. The SMILES string of the molecule is CC(O)c1cc2c(-c3ccc(C(F)(F)F)n(C)c3=O)c(F)cc(Cl)c2o1. The quantitative estimate of drug-likeness (QED) is 0.648. The second-order valence-electron chi connectivity index (χ2n) is 5.78. The second-order valence-corrected chi connectivity index (χ2v) is 6.18. The van der Waals surface area contributed by atoms with Crippen LogP contribution >= 0.6 is 11.6 Å². The van der Waals surface area contributed by atoms with Crippen molar-refractivity contribution in [2.75, 3.05) is 0 Å². The topological polar surface area (TPSA) is 55.4 Å². The monoisotopic (exact) mass is 389 g/mol. The van der Waals surface area contributed by atoms with Gasteiger partial charge in [0.25, 0.3) is 5.56 Å². The van der Waals surface area contributed by atoms with Gasteiger partial charge in [-0.15, -0.1) is 0 Å². The molecule has 2 aromatic heterocycles. The van der Waals surface area contributed by atoms with E-state index >= 15 is 0 Å². The number of pyridine rings is 1. The molecular formula is C17H12ClF4NO3. The van der Waals surface area contributed by atoms with Crippen LogP contribution in [0, 0.1) is 5.82 Å². The van der Waals surface area contributed by atoms with Crippen LogP contribution in [0.5, 0.6) is 0 Å². The molecule has 3 rings (SSSR count). The standard InChI is InChI=1S/C17H12ClF4NO3/c1-7(24)12-5-9-14(11(19)6-10(18)15(9)26-12)8-3-4-13(17(20,21)22)23(2)16(8)25/h3-7,24H,1-2H3. The Bertz CT molecular complexity index is 1070. The first kappa shape index (κ1) is 18.5. The van der Waals surface area contributed by atoms with Crippen LogP contribution in [0.15, 0.2) is 33.5 Å². The molecule has 2 heterocycles. The third-order valence-electron chi connectivity index (χ3n) is 4.01. The zero-order valence-corrected chi connectivity index (χ0v) is 14.2. The van der Waals surface area contributed by atoms with E-state index in [0.717, 1.165) is 19.2 Å². The number of aromatic nitrogens is 1. The molecule has 0 aliphatic rings. The average molecular weight is 390 g/mol. The van der Waals surface area contributed by atoms with Crippen LogP contribution in [-0.4, -0.2) is 9.67 Å². The Morgan fingerprint density at radius 2 is 1.92 bits per heavy atom. The first-order valence-electron chi connectivity index (χ1n) is 7.39. The minimum absolute atomic E-state index is 0.0286. The fourth-order valence-electron chi connectivity index (χ4n) is 2.74. The van der Waals surface area contributed by atoms with Crippen molar-refractivity contribution in [3.05, 3.63) is 56.9 Å². The van der Waals surface area contributed by atoms with Crippen molar-refractivity contribution in [3.8, 4) is 11.1 Å².